The van der Waals surface area contributed by atoms with Gasteiger partial charge < -0.3 is 4.12 Å². The predicted octanol–water partition coefficient (Wildman–Crippen LogP) is 9.12. The molecule has 5 heterocycles. The van der Waals surface area contributed by atoms with Gasteiger partial charge in [0.15, 0.2) is 16.6 Å². The van der Waals surface area contributed by atoms with Gasteiger partial charge in [-0.25, -0.2) is 8.42 Å². The monoisotopic (exact) mass is 609 g/mol. The van der Waals surface area contributed by atoms with Crippen LogP contribution in [0.4, 0.5) is 5.69 Å². The first-order valence-electron chi connectivity index (χ1n) is 11.9. The highest BCUT2D eigenvalue weighted by Gasteiger charge is 2.40. The lowest BCUT2D eigenvalue weighted by atomic mass is 10.3. The minimum atomic E-state index is -3.61. The molecule has 4 aromatic heterocycles. The van der Waals surface area contributed by atoms with Crippen molar-refractivity contribution < 1.29 is 12.5 Å². The summed E-state index contributed by atoms with van der Waals surface area (Å²) in [6.07, 6.45) is 0. The summed E-state index contributed by atoms with van der Waals surface area (Å²) in [6.45, 7) is 15.6. The van der Waals surface area contributed by atoms with Crippen LogP contribution in [0.2, 0.25) is 38.8 Å². The molecule has 0 bridgehead atoms. The van der Waals surface area contributed by atoms with Crippen LogP contribution < -0.4 is 4.31 Å². The third-order valence-electron chi connectivity index (χ3n) is 5.91. The summed E-state index contributed by atoms with van der Waals surface area (Å²) in [6, 6.07) is 13.4. The van der Waals surface area contributed by atoms with Crippen molar-refractivity contribution in [2.24, 2.45) is 0 Å². The molecule has 0 saturated heterocycles. The molecule has 192 valence electrons. The zero-order chi connectivity index (χ0) is 26.0. The highest BCUT2D eigenvalue weighted by Crippen LogP contribution is 2.54. The Morgan fingerprint density at radius 1 is 0.778 bits per heavy atom. The first kappa shape index (κ1) is 26.5. The van der Waals surface area contributed by atoms with Crippen molar-refractivity contribution in [2.75, 3.05) is 10.8 Å². The molecular formula is C25H31NO3S5Si2. The first-order valence-corrected chi connectivity index (χ1v) is 23.1. The van der Waals surface area contributed by atoms with Crippen LogP contribution in [0.15, 0.2) is 41.3 Å². The zero-order valence-corrected chi connectivity index (χ0v) is 27.7. The van der Waals surface area contributed by atoms with Crippen molar-refractivity contribution in [1.29, 1.82) is 0 Å². The van der Waals surface area contributed by atoms with Gasteiger partial charge in [-0.15, -0.1) is 45.3 Å². The number of hydrogen-bond acceptors (Lipinski definition) is 7. The van der Waals surface area contributed by atoms with Gasteiger partial charge in [-0.3, -0.25) is 4.31 Å². The largest absolute Gasteiger partial charge is 0.456 e. The average molecular weight is 610 g/mol. The summed E-state index contributed by atoms with van der Waals surface area (Å²) in [4.78, 5) is 9.57. The maximum atomic E-state index is 13.8. The number of sulfonamides is 1. The van der Waals surface area contributed by atoms with Gasteiger partial charge in [-0.2, -0.15) is 0 Å². The number of thiophene rings is 4. The fourth-order valence-corrected chi connectivity index (χ4v) is 19.1. The smallest absolute Gasteiger partial charge is 0.265 e. The van der Waals surface area contributed by atoms with Gasteiger partial charge in [0, 0.05) is 35.8 Å². The molecular weight excluding hydrogens is 579 g/mol. The second-order valence-corrected chi connectivity index (χ2v) is 26.3. The lowest BCUT2D eigenvalue weighted by molar-refractivity contribution is 0.547. The van der Waals surface area contributed by atoms with Crippen LogP contribution in [0.1, 0.15) is 9.75 Å². The van der Waals surface area contributed by atoms with E-state index in [2.05, 4.69) is 70.0 Å². The molecule has 0 saturated carbocycles. The van der Waals surface area contributed by atoms with Gasteiger partial charge in [0.05, 0.1) is 15.4 Å². The lowest BCUT2D eigenvalue weighted by Gasteiger charge is -2.34. The van der Waals surface area contributed by atoms with Crippen molar-refractivity contribution in [1.82, 2.24) is 0 Å². The van der Waals surface area contributed by atoms with Crippen LogP contribution in [-0.2, 0) is 14.1 Å². The number of rotatable bonds is 7. The number of hydrogen-bond donors (Lipinski definition) is 0. The van der Waals surface area contributed by atoms with E-state index in [1.54, 1.807) is 49.7 Å². The van der Waals surface area contributed by atoms with Crippen LogP contribution in [0.3, 0.4) is 0 Å². The molecule has 5 rings (SSSR count). The Morgan fingerprint density at radius 2 is 1.42 bits per heavy atom. The van der Waals surface area contributed by atoms with Gasteiger partial charge in [-0.05, 0) is 89.0 Å². The Morgan fingerprint density at radius 3 is 2.06 bits per heavy atom. The molecule has 1 aliphatic heterocycles. The van der Waals surface area contributed by atoms with E-state index < -0.39 is 26.7 Å². The van der Waals surface area contributed by atoms with Gasteiger partial charge in [0.1, 0.15) is 4.90 Å². The molecule has 0 amide bonds. The Hall–Kier alpha value is -1.06. The van der Waals surface area contributed by atoms with E-state index in [0.29, 0.717) is 11.4 Å². The van der Waals surface area contributed by atoms with Gasteiger partial charge in [0.25, 0.3) is 10.0 Å². The number of nitrogens with zero attached hydrogens (tertiary/aromatic N) is 1. The van der Waals surface area contributed by atoms with E-state index in [0.717, 1.165) is 31.2 Å². The van der Waals surface area contributed by atoms with E-state index in [1.165, 1.54) is 19.5 Å². The van der Waals surface area contributed by atoms with E-state index in [-0.39, 0.29) is 0 Å². The molecule has 4 nitrogen and oxygen atoms in total. The lowest BCUT2D eigenvalue weighted by Crippen LogP contribution is -2.45. The van der Waals surface area contributed by atoms with Gasteiger partial charge in [-0.1, -0.05) is 0 Å². The number of fused-ring (bicyclic) bond motifs is 3. The molecule has 0 unspecified atom stereocenters. The van der Waals surface area contributed by atoms with E-state index in [9.17, 15) is 8.42 Å². The molecule has 0 radical (unpaired) electrons. The Bertz CT molecular complexity index is 1540. The molecule has 0 aliphatic carbocycles. The Labute approximate surface area is 232 Å². The predicted molar refractivity (Wildman–Crippen MR) is 165 cm³/mol. The highest BCUT2D eigenvalue weighted by molar-refractivity contribution is 7.93. The zero-order valence-electron chi connectivity index (χ0n) is 21.6. The normalized spacial score (nSPS) is 15.2. The molecule has 0 atom stereocenters. The summed E-state index contributed by atoms with van der Waals surface area (Å²) >= 11 is 6.87. The maximum absolute atomic E-state index is 13.8. The second kappa shape index (κ2) is 9.30. The van der Waals surface area contributed by atoms with Gasteiger partial charge in [0.2, 0.25) is 0 Å². The maximum Gasteiger partial charge on any atom is 0.265 e. The summed E-state index contributed by atoms with van der Waals surface area (Å²) in [7, 11) is -7.33. The number of aryl methyl sites for hydroxylation is 2. The van der Waals surface area contributed by atoms with E-state index in [1.807, 2.05) is 13.0 Å². The van der Waals surface area contributed by atoms with Crippen molar-refractivity contribution in [3.63, 3.8) is 0 Å². The number of anilines is 1. The average Bonchev–Trinajstić information content (AvgIpc) is 3.50. The molecule has 1 aliphatic rings. The fourth-order valence-electron chi connectivity index (χ4n) is 4.60. The molecule has 36 heavy (non-hydrogen) atoms. The van der Waals surface area contributed by atoms with Crippen molar-refractivity contribution in [2.45, 2.75) is 57.5 Å². The summed E-state index contributed by atoms with van der Waals surface area (Å²) in [5.74, 6) is 0. The molecule has 4 aromatic rings. The van der Waals surface area contributed by atoms with Crippen LogP contribution in [-0.4, -0.2) is 31.6 Å². The van der Waals surface area contributed by atoms with Crippen molar-refractivity contribution in [3.8, 4) is 29.3 Å². The van der Waals surface area contributed by atoms with Crippen LogP contribution >= 0.6 is 45.3 Å². The Balaban J connectivity index is 1.54. The molecule has 0 spiro atoms. The van der Waals surface area contributed by atoms with E-state index >= 15 is 0 Å². The second-order valence-electron chi connectivity index (χ2n) is 10.8. The molecule has 0 aromatic carbocycles. The molecule has 0 fully saturated rings. The quantitative estimate of drug-likeness (QED) is 0.196. The fraction of sp³-hybridized carbons (Fsp3) is 0.360. The standard InChI is InChI=1S/C25H31NO3S5Si2/c1-16-8-9-19(30-16)20-10-11-21(32-20)22-15-18-24(33-22)25-23(14-17(2)31-25)34(27,28)26(18)12-13-36(6,7)29-35(3,4)5/h8-11,14-15H,12-13H2,1-7H3. The summed E-state index contributed by atoms with van der Waals surface area (Å²) in [5, 5.41) is 0. The van der Waals surface area contributed by atoms with Crippen LogP contribution in [0, 0.1) is 13.8 Å². The molecule has 0 N–H and O–H groups in total. The van der Waals surface area contributed by atoms with Crippen LogP contribution in [0.5, 0.6) is 0 Å². The Kier molecular flexibility index (Phi) is 6.86. The van der Waals surface area contributed by atoms with Gasteiger partial charge >= 0.3 is 0 Å². The third-order valence-corrected chi connectivity index (χ3v) is 18.8. The summed E-state index contributed by atoms with van der Waals surface area (Å²) < 4.78 is 35.9. The van der Waals surface area contributed by atoms with Crippen molar-refractivity contribution in [3.05, 3.63) is 46.2 Å². The SMILES string of the molecule is Cc1ccc(-c2ccc(-c3cc4c(s3)-c3sc(C)cc3S(=O)(=O)N4CC[Si](C)(C)O[Si](C)(C)C)s2)s1. The third kappa shape index (κ3) is 5.13. The minimum absolute atomic E-state index is 0.452. The first-order chi connectivity index (χ1) is 16.7. The van der Waals surface area contributed by atoms with E-state index in [4.69, 9.17) is 4.12 Å². The summed E-state index contributed by atoms with van der Waals surface area (Å²) in [5.41, 5.74) is 0.823. The minimum Gasteiger partial charge on any atom is -0.456 e. The van der Waals surface area contributed by atoms with Crippen molar-refractivity contribution >= 4 is 77.7 Å². The highest BCUT2D eigenvalue weighted by atomic mass is 32.2. The topological polar surface area (TPSA) is 46.6 Å². The van der Waals surface area contributed by atoms with Crippen LogP contribution in [0.25, 0.3) is 29.3 Å². The molecule has 11 heteroatoms.